The number of nitro groups is 1. The number of nitrogens with zero attached hydrogens (tertiary/aromatic N) is 3. The molecule has 1 N–H and O–H groups in total. The summed E-state index contributed by atoms with van der Waals surface area (Å²) in [7, 11) is 0. The smallest absolute Gasteiger partial charge is 0.309 e. The molecule has 0 saturated heterocycles. The molecule has 0 radical (unpaired) electrons. The third-order valence-electron chi connectivity index (χ3n) is 2.79. The van der Waals surface area contributed by atoms with Crippen LogP contribution in [-0.2, 0) is 4.79 Å². The average Bonchev–Trinajstić information content (AvgIpc) is 2.70. The van der Waals surface area contributed by atoms with E-state index in [1.165, 1.54) is 10.9 Å². The second-order valence-electron chi connectivity index (χ2n) is 4.14. The Labute approximate surface area is 105 Å². The highest BCUT2D eigenvalue weighted by Gasteiger charge is 2.23. The van der Waals surface area contributed by atoms with Gasteiger partial charge in [-0.3, -0.25) is 19.6 Å². The molecule has 100 valence electrons. The molecule has 0 saturated carbocycles. The van der Waals surface area contributed by atoms with Gasteiger partial charge in [0.25, 0.3) is 0 Å². The van der Waals surface area contributed by atoms with Crippen molar-refractivity contribution in [3.63, 3.8) is 0 Å². The first-order chi connectivity index (χ1) is 8.49. The van der Waals surface area contributed by atoms with E-state index in [2.05, 4.69) is 10.4 Å². The highest BCUT2D eigenvalue weighted by Crippen LogP contribution is 2.19. The minimum atomic E-state index is -0.546. The van der Waals surface area contributed by atoms with Gasteiger partial charge in [-0.2, -0.15) is 5.10 Å². The molecule has 0 bridgehead atoms. The number of rotatable bonds is 6. The van der Waals surface area contributed by atoms with Crippen LogP contribution in [0.1, 0.15) is 38.4 Å². The number of amides is 1. The molecule has 0 spiro atoms. The Morgan fingerprint density at radius 3 is 2.83 bits per heavy atom. The molecular formula is C11H18N4O3. The van der Waals surface area contributed by atoms with Crippen LogP contribution in [0, 0.1) is 17.0 Å². The Bertz CT molecular complexity index is 441. The summed E-state index contributed by atoms with van der Waals surface area (Å²) in [5.74, 6) is -0.176. The molecular weight excluding hydrogens is 236 g/mol. The van der Waals surface area contributed by atoms with Crippen LogP contribution in [0.3, 0.4) is 0 Å². The van der Waals surface area contributed by atoms with Crippen LogP contribution in [0.25, 0.3) is 0 Å². The van der Waals surface area contributed by atoms with Gasteiger partial charge in [-0.05, 0) is 20.3 Å². The molecule has 7 nitrogen and oxygen atoms in total. The van der Waals surface area contributed by atoms with Gasteiger partial charge in [0.05, 0.1) is 4.92 Å². The van der Waals surface area contributed by atoms with Gasteiger partial charge < -0.3 is 5.32 Å². The zero-order valence-electron chi connectivity index (χ0n) is 10.8. The van der Waals surface area contributed by atoms with E-state index in [9.17, 15) is 14.9 Å². The molecule has 1 atom stereocenters. The topological polar surface area (TPSA) is 90.1 Å². The van der Waals surface area contributed by atoms with Gasteiger partial charge in [0, 0.05) is 6.54 Å². The Morgan fingerprint density at radius 2 is 2.33 bits per heavy atom. The minimum absolute atomic E-state index is 0.0665. The van der Waals surface area contributed by atoms with E-state index in [4.69, 9.17) is 0 Å². The number of nitrogens with one attached hydrogen (secondary N) is 1. The van der Waals surface area contributed by atoms with Crippen LogP contribution >= 0.6 is 0 Å². The van der Waals surface area contributed by atoms with E-state index < -0.39 is 11.0 Å². The highest BCUT2D eigenvalue weighted by molar-refractivity contribution is 5.79. The largest absolute Gasteiger partial charge is 0.354 e. The molecule has 1 heterocycles. The fraction of sp³-hybridized carbons (Fsp3) is 0.636. The lowest BCUT2D eigenvalue weighted by Gasteiger charge is -2.13. The summed E-state index contributed by atoms with van der Waals surface area (Å²) in [6, 6.07) is -0.546. The number of aromatic nitrogens is 2. The van der Waals surface area contributed by atoms with Gasteiger partial charge >= 0.3 is 5.69 Å². The monoisotopic (exact) mass is 254 g/mol. The molecule has 1 amide bonds. The van der Waals surface area contributed by atoms with Gasteiger partial charge in [-0.25, -0.2) is 0 Å². The van der Waals surface area contributed by atoms with Gasteiger partial charge in [0.15, 0.2) is 0 Å². The van der Waals surface area contributed by atoms with Crippen molar-refractivity contribution in [3.8, 4) is 0 Å². The Kier molecular flexibility index (Phi) is 4.82. The maximum Gasteiger partial charge on any atom is 0.309 e. The zero-order valence-corrected chi connectivity index (χ0v) is 10.8. The second kappa shape index (κ2) is 6.13. The van der Waals surface area contributed by atoms with Crippen molar-refractivity contribution < 1.29 is 9.72 Å². The minimum Gasteiger partial charge on any atom is -0.354 e. The maximum absolute atomic E-state index is 11.8. The van der Waals surface area contributed by atoms with Crippen molar-refractivity contribution >= 4 is 11.6 Å². The third kappa shape index (κ3) is 3.06. The number of carbonyl (C=O) groups is 1. The summed E-state index contributed by atoms with van der Waals surface area (Å²) in [6.45, 7) is 5.91. The van der Waals surface area contributed by atoms with E-state index in [1.807, 2.05) is 6.92 Å². The molecule has 18 heavy (non-hydrogen) atoms. The van der Waals surface area contributed by atoms with Gasteiger partial charge in [-0.15, -0.1) is 0 Å². The van der Waals surface area contributed by atoms with Gasteiger partial charge in [-0.1, -0.05) is 13.3 Å². The molecule has 1 aromatic heterocycles. The third-order valence-corrected chi connectivity index (χ3v) is 2.79. The first kappa shape index (κ1) is 14.1. The second-order valence-corrected chi connectivity index (χ2v) is 4.14. The predicted octanol–water partition coefficient (Wildman–Crippen LogP) is 1.58. The Morgan fingerprint density at radius 1 is 1.67 bits per heavy atom. The molecule has 1 aromatic rings. The molecule has 0 aliphatic carbocycles. The van der Waals surface area contributed by atoms with Crippen molar-refractivity contribution in [2.75, 3.05) is 6.54 Å². The molecule has 0 aromatic carbocycles. The van der Waals surface area contributed by atoms with Crippen molar-refractivity contribution in [2.24, 2.45) is 0 Å². The lowest BCUT2D eigenvalue weighted by molar-refractivity contribution is -0.385. The fourth-order valence-electron chi connectivity index (χ4n) is 1.63. The van der Waals surface area contributed by atoms with Crippen LogP contribution in [0.4, 0.5) is 5.69 Å². The summed E-state index contributed by atoms with van der Waals surface area (Å²) in [6.07, 6.45) is 3.09. The summed E-state index contributed by atoms with van der Waals surface area (Å²) >= 11 is 0. The van der Waals surface area contributed by atoms with Crippen molar-refractivity contribution in [1.29, 1.82) is 0 Å². The average molecular weight is 254 g/mol. The van der Waals surface area contributed by atoms with E-state index in [0.717, 1.165) is 12.8 Å². The number of hydrogen-bond acceptors (Lipinski definition) is 4. The first-order valence-corrected chi connectivity index (χ1v) is 5.95. The number of carbonyl (C=O) groups excluding carboxylic acids is 1. The summed E-state index contributed by atoms with van der Waals surface area (Å²) in [4.78, 5) is 22.0. The molecule has 0 aliphatic heterocycles. The molecule has 0 fully saturated rings. The standard InChI is InChI=1S/C11H18N4O3/c1-4-5-6-12-11(16)9(3)14-8(2)10(7-13-14)15(17)18/h7,9H,4-6H2,1-3H3,(H,12,16). The van der Waals surface area contributed by atoms with Crippen LogP contribution < -0.4 is 5.32 Å². The Balaban J connectivity index is 2.75. The number of unbranched alkanes of at least 4 members (excludes halogenated alkanes) is 1. The lowest BCUT2D eigenvalue weighted by atomic mass is 10.2. The zero-order chi connectivity index (χ0) is 13.7. The fourth-order valence-corrected chi connectivity index (χ4v) is 1.63. The predicted molar refractivity (Wildman–Crippen MR) is 66.2 cm³/mol. The van der Waals surface area contributed by atoms with E-state index >= 15 is 0 Å². The van der Waals surface area contributed by atoms with E-state index in [0.29, 0.717) is 12.2 Å². The van der Waals surface area contributed by atoms with Gasteiger partial charge in [0.1, 0.15) is 17.9 Å². The normalized spacial score (nSPS) is 12.2. The van der Waals surface area contributed by atoms with Crippen LogP contribution in [0.15, 0.2) is 6.20 Å². The maximum atomic E-state index is 11.8. The van der Waals surface area contributed by atoms with E-state index in [1.54, 1.807) is 13.8 Å². The molecule has 7 heteroatoms. The SMILES string of the molecule is CCCCNC(=O)C(C)n1ncc([N+](=O)[O-])c1C. The Hall–Kier alpha value is -1.92. The quantitative estimate of drug-likeness (QED) is 0.474. The van der Waals surface area contributed by atoms with Crippen molar-refractivity contribution in [3.05, 3.63) is 22.0 Å². The molecule has 1 rings (SSSR count). The van der Waals surface area contributed by atoms with Gasteiger partial charge in [0.2, 0.25) is 5.91 Å². The van der Waals surface area contributed by atoms with E-state index in [-0.39, 0.29) is 11.6 Å². The highest BCUT2D eigenvalue weighted by atomic mass is 16.6. The molecule has 1 unspecified atom stereocenters. The summed E-state index contributed by atoms with van der Waals surface area (Å²) in [5, 5.41) is 17.4. The first-order valence-electron chi connectivity index (χ1n) is 5.95. The molecule has 0 aliphatic rings. The van der Waals surface area contributed by atoms with Crippen LogP contribution in [0.2, 0.25) is 0 Å². The summed E-state index contributed by atoms with van der Waals surface area (Å²) < 4.78 is 1.37. The summed E-state index contributed by atoms with van der Waals surface area (Å²) in [5.41, 5.74) is 0.321. The van der Waals surface area contributed by atoms with Crippen molar-refractivity contribution in [1.82, 2.24) is 15.1 Å². The number of hydrogen-bond donors (Lipinski definition) is 1. The lowest BCUT2D eigenvalue weighted by Crippen LogP contribution is -2.32. The van der Waals surface area contributed by atoms with Crippen molar-refractivity contribution in [2.45, 2.75) is 39.7 Å². The van der Waals surface area contributed by atoms with Crippen LogP contribution in [0.5, 0.6) is 0 Å². The van der Waals surface area contributed by atoms with Crippen LogP contribution in [-0.4, -0.2) is 27.2 Å².